The van der Waals surface area contributed by atoms with Crippen molar-refractivity contribution < 1.29 is 13.2 Å². The van der Waals surface area contributed by atoms with Gasteiger partial charge in [-0.25, -0.2) is 0 Å². The Morgan fingerprint density at radius 3 is 2.53 bits per heavy atom. The summed E-state index contributed by atoms with van der Waals surface area (Å²) in [6, 6.07) is 1.68. The number of hydrogen-bond acceptors (Lipinski definition) is 3. The Bertz CT molecular complexity index is 546. The lowest BCUT2D eigenvalue weighted by molar-refractivity contribution is -0.144. The molecule has 0 aromatic carbocycles. The zero-order valence-electron chi connectivity index (χ0n) is 10.3. The summed E-state index contributed by atoms with van der Waals surface area (Å²) in [6.45, 7) is 0.0275. The van der Waals surface area contributed by atoms with Gasteiger partial charge < -0.3 is 5.32 Å². The van der Waals surface area contributed by atoms with Gasteiger partial charge >= 0.3 is 6.18 Å². The fourth-order valence-electron chi connectivity index (χ4n) is 1.67. The maximum Gasteiger partial charge on any atom is 0.433 e. The number of halogens is 4. The SMILES string of the molecule is Cl.Cn1ccc(NCc2cnn(C)c2C(F)(F)F)n1. The summed E-state index contributed by atoms with van der Waals surface area (Å²) in [7, 11) is 3.00. The van der Waals surface area contributed by atoms with E-state index in [4.69, 9.17) is 0 Å². The van der Waals surface area contributed by atoms with E-state index in [1.807, 2.05) is 0 Å². The molecule has 0 bridgehead atoms. The summed E-state index contributed by atoms with van der Waals surface area (Å²) in [4.78, 5) is 0. The van der Waals surface area contributed by atoms with Gasteiger partial charge in [0.05, 0.1) is 6.20 Å². The number of alkyl halides is 3. The summed E-state index contributed by atoms with van der Waals surface area (Å²) < 4.78 is 40.7. The Hall–Kier alpha value is -1.70. The number of anilines is 1. The Balaban J connectivity index is 0.00000180. The molecule has 0 unspecified atom stereocenters. The van der Waals surface area contributed by atoms with E-state index in [0.717, 1.165) is 4.68 Å². The van der Waals surface area contributed by atoms with Gasteiger partial charge in [-0.2, -0.15) is 23.4 Å². The van der Waals surface area contributed by atoms with Crippen LogP contribution in [-0.2, 0) is 26.8 Å². The first-order chi connectivity index (χ1) is 8.38. The fraction of sp³-hybridized carbons (Fsp3) is 0.400. The van der Waals surface area contributed by atoms with Gasteiger partial charge in [0.15, 0.2) is 0 Å². The lowest BCUT2D eigenvalue weighted by Crippen LogP contribution is -2.15. The molecule has 0 atom stereocenters. The molecule has 5 nitrogen and oxygen atoms in total. The van der Waals surface area contributed by atoms with Crippen molar-refractivity contribution in [3.05, 3.63) is 29.7 Å². The second-order valence-electron chi connectivity index (χ2n) is 3.87. The smallest absolute Gasteiger partial charge is 0.364 e. The van der Waals surface area contributed by atoms with Gasteiger partial charge in [0, 0.05) is 38.5 Å². The molecule has 0 radical (unpaired) electrons. The zero-order chi connectivity index (χ0) is 13.3. The second kappa shape index (κ2) is 5.52. The molecule has 2 heterocycles. The van der Waals surface area contributed by atoms with Crippen molar-refractivity contribution in [3.63, 3.8) is 0 Å². The van der Waals surface area contributed by atoms with Crippen molar-refractivity contribution in [1.29, 1.82) is 0 Å². The lowest BCUT2D eigenvalue weighted by Gasteiger charge is -2.10. The first-order valence-corrected chi connectivity index (χ1v) is 5.19. The molecular weight excluding hydrogens is 283 g/mol. The zero-order valence-corrected chi connectivity index (χ0v) is 11.1. The maximum atomic E-state index is 12.8. The topological polar surface area (TPSA) is 47.7 Å². The highest BCUT2D eigenvalue weighted by Gasteiger charge is 2.37. The Labute approximate surface area is 113 Å². The summed E-state index contributed by atoms with van der Waals surface area (Å²) in [5.41, 5.74) is -0.651. The molecule has 2 aromatic heterocycles. The summed E-state index contributed by atoms with van der Waals surface area (Å²) in [5, 5.41) is 10.5. The average molecular weight is 296 g/mol. The van der Waals surface area contributed by atoms with Gasteiger partial charge in [-0.15, -0.1) is 12.4 Å². The molecule has 2 aromatic rings. The molecular formula is C10H13ClF3N5. The maximum absolute atomic E-state index is 12.8. The Kier molecular flexibility index (Phi) is 4.46. The van der Waals surface area contributed by atoms with Crippen molar-refractivity contribution in [2.24, 2.45) is 14.1 Å². The molecule has 0 spiro atoms. The quantitative estimate of drug-likeness (QED) is 0.944. The summed E-state index contributed by atoms with van der Waals surface area (Å²) in [6.07, 6.45) is -1.50. The largest absolute Gasteiger partial charge is 0.433 e. The molecule has 0 fully saturated rings. The van der Waals surface area contributed by atoms with Crippen LogP contribution in [0.4, 0.5) is 19.0 Å². The minimum absolute atomic E-state index is 0. The van der Waals surface area contributed by atoms with Crippen LogP contribution in [-0.4, -0.2) is 19.6 Å². The van der Waals surface area contributed by atoms with E-state index in [1.54, 1.807) is 24.0 Å². The highest BCUT2D eigenvalue weighted by Crippen LogP contribution is 2.31. The molecule has 0 saturated heterocycles. The van der Waals surface area contributed by atoms with E-state index in [2.05, 4.69) is 15.5 Å². The van der Waals surface area contributed by atoms with Crippen LogP contribution < -0.4 is 5.32 Å². The van der Waals surface area contributed by atoms with Crippen LogP contribution in [0.3, 0.4) is 0 Å². The molecule has 19 heavy (non-hydrogen) atoms. The average Bonchev–Trinajstić information content (AvgIpc) is 2.81. The summed E-state index contributed by atoms with van der Waals surface area (Å²) in [5.74, 6) is 0.523. The molecule has 0 aliphatic heterocycles. The van der Waals surface area contributed by atoms with Crippen LogP contribution >= 0.6 is 12.4 Å². The highest BCUT2D eigenvalue weighted by molar-refractivity contribution is 5.85. The molecule has 2 rings (SSSR count). The van der Waals surface area contributed by atoms with Gasteiger partial charge in [-0.3, -0.25) is 9.36 Å². The minimum Gasteiger partial charge on any atom is -0.364 e. The van der Waals surface area contributed by atoms with E-state index < -0.39 is 11.9 Å². The minimum atomic E-state index is -4.41. The van der Waals surface area contributed by atoms with Gasteiger partial charge in [0.2, 0.25) is 0 Å². The van der Waals surface area contributed by atoms with Crippen LogP contribution in [0.25, 0.3) is 0 Å². The van der Waals surface area contributed by atoms with Crippen molar-refractivity contribution in [1.82, 2.24) is 19.6 Å². The standard InChI is InChI=1S/C10H12F3N5.ClH/c1-17-4-3-8(16-17)14-5-7-6-15-18(2)9(7)10(11,12)13;/h3-4,6H,5H2,1-2H3,(H,14,16);1H. The molecule has 1 N–H and O–H groups in total. The molecule has 0 aliphatic carbocycles. The molecule has 0 saturated carbocycles. The van der Waals surface area contributed by atoms with Crippen molar-refractivity contribution >= 4 is 18.2 Å². The van der Waals surface area contributed by atoms with E-state index in [9.17, 15) is 13.2 Å². The number of hydrogen-bond donors (Lipinski definition) is 1. The van der Waals surface area contributed by atoms with E-state index in [-0.39, 0.29) is 24.5 Å². The number of rotatable bonds is 3. The molecule has 9 heteroatoms. The Morgan fingerprint density at radius 2 is 2.00 bits per heavy atom. The molecule has 0 amide bonds. The number of aromatic nitrogens is 4. The predicted octanol–water partition coefficient (Wildman–Crippen LogP) is 2.21. The fourth-order valence-corrected chi connectivity index (χ4v) is 1.67. The van der Waals surface area contributed by atoms with Crippen LogP contribution in [0.15, 0.2) is 18.5 Å². The van der Waals surface area contributed by atoms with Crippen LogP contribution in [0.5, 0.6) is 0 Å². The first kappa shape index (κ1) is 15.4. The third kappa shape index (κ3) is 3.40. The number of nitrogens with one attached hydrogen (secondary N) is 1. The Morgan fingerprint density at radius 1 is 1.32 bits per heavy atom. The third-order valence-electron chi connectivity index (χ3n) is 2.46. The van der Waals surface area contributed by atoms with Gasteiger partial charge in [-0.05, 0) is 0 Å². The highest BCUT2D eigenvalue weighted by atomic mass is 35.5. The van der Waals surface area contributed by atoms with E-state index in [0.29, 0.717) is 5.82 Å². The van der Waals surface area contributed by atoms with Crippen LogP contribution in [0.1, 0.15) is 11.3 Å². The van der Waals surface area contributed by atoms with Gasteiger partial charge in [0.1, 0.15) is 11.5 Å². The van der Waals surface area contributed by atoms with Crippen LogP contribution in [0, 0.1) is 0 Å². The second-order valence-corrected chi connectivity index (χ2v) is 3.87. The molecule has 106 valence electrons. The third-order valence-corrected chi connectivity index (χ3v) is 2.46. The van der Waals surface area contributed by atoms with E-state index in [1.165, 1.54) is 13.2 Å². The monoisotopic (exact) mass is 295 g/mol. The van der Waals surface area contributed by atoms with Crippen molar-refractivity contribution in [3.8, 4) is 0 Å². The van der Waals surface area contributed by atoms with Gasteiger partial charge in [0.25, 0.3) is 0 Å². The summed E-state index contributed by atoms with van der Waals surface area (Å²) >= 11 is 0. The van der Waals surface area contributed by atoms with E-state index >= 15 is 0 Å². The van der Waals surface area contributed by atoms with Crippen molar-refractivity contribution in [2.75, 3.05) is 5.32 Å². The number of aryl methyl sites for hydroxylation is 2. The van der Waals surface area contributed by atoms with Crippen LogP contribution in [0.2, 0.25) is 0 Å². The van der Waals surface area contributed by atoms with Gasteiger partial charge in [-0.1, -0.05) is 0 Å². The normalized spacial score (nSPS) is 11.2. The lowest BCUT2D eigenvalue weighted by atomic mass is 10.2. The molecule has 0 aliphatic rings. The van der Waals surface area contributed by atoms with Crippen molar-refractivity contribution in [2.45, 2.75) is 12.7 Å². The first-order valence-electron chi connectivity index (χ1n) is 5.19. The number of nitrogens with zero attached hydrogens (tertiary/aromatic N) is 4. The predicted molar refractivity (Wildman–Crippen MR) is 66.0 cm³/mol.